The van der Waals surface area contributed by atoms with Crippen molar-refractivity contribution in [3.8, 4) is 0 Å². The van der Waals surface area contributed by atoms with Crippen LogP contribution in [0.5, 0.6) is 0 Å². The smallest absolute Gasteiger partial charge is 0.316 e. The minimum atomic E-state index is -0.458. The molecule has 4 nitrogen and oxygen atoms in total. The molecule has 0 spiro atoms. The van der Waals surface area contributed by atoms with E-state index in [0.717, 1.165) is 5.56 Å². The van der Waals surface area contributed by atoms with Crippen LogP contribution in [0, 0.1) is 0 Å². The lowest BCUT2D eigenvalue weighted by Crippen LogP contribution is -2.49. The van der Waals surface area contributed by atoms with Gasteiger partial charge in [-0.1, -0.05) is 24.8 Å². The second-order valence-electron chi connectivity index (χ2n) is 4.36. The van der Waals surface area contributed by atoms with Crippen molar-refractivity contribution in [2.75, 3.05) is 26.2 Å². The van der Waals surface area contributed by atoms with E-state index >= 15 is 0 Å². The maximum atomic E-state index is 12.3. The van der Waals surface area contributed by atoms with Crippen LogP contribution < -0.4 is 0 Å². The summed E-state index contributed by atoms with van der Waals surface area (Å²) < 4.78 is 0. The van der Waals surface area contributed by atoms with Crippen LogP contribution in [-0.4, -0.2) is 47.3 Å². The van der Waals surface area contributed by atoms with Crippen molar-refractivity contribution in [3.05, 3.63) is 42.0 Å². The van der Waals surface area contributed by atoms with E-state index < -0.39 is 5.37 Å². The highest BCUT2D eigenvalue weighted by molar-refractivity contribution is 6.62. The Morgan fingerprint density at radius 3 is 2.37 bits per heavy atom. The van der Waals surface area contributed by atoms with Gasteiger partial charge in [-0.15, -0.1) is 0 Å². The van der Waals surface area contributed by atoms with Gasteiger partial charge in [0.25, 0.3) is 5.91 Å². The quantitative estimate of drug-likeness (QED) is 0.616. The molecule has 1 aromatic rings. The Kier molecular flexibility index (Phi) is 4.22. The highest BCUT2D eigenvalue weighted by atomic mass is 35.5. The van der Waals surface area contributed by atoms with Gasteiger partial charge in [-0.25, -0.2) is 0 Å². The molecule has 1 fully saturated rings. The number of benzene rings is 1. The lowest BCUT2D eigenvalue weighted by molar-refractivity contribution is 0.0676. The standard InChI is InChI=1S/C14H15ClN2O2/c1-2-11-4-3-5-12(10-11)13(18)16-6-8-17(9-7-16)14(15)19/h2-5,10H,1,6-9H2. The molecular formula is C14H15ClN2O2. The lowest BCUT2D eigenvalue weighted by Gasteiger charge is -2.33. The summed E-state index contributed by atoms with van der Waals surface area (Å²) in [4.78, 5) is 26.6. The molecule has 0 atom stereocenters. The van der Waals surface area contributed by atoms with Crippen molar-refractivity contribution in [1.29, 1.82) is 0 Å². The summed E-state index contributed by atoms with van der Waals surface area (Å²) in [6.45, 7) is 5.67. The van der Waals surface area contributed by atoms with Crippen LogP contribution in [0.15, 0.2) is 30.8 Å². The minimum Gasteiger partial charge on any atom is -0.335 e. The monoisotopic (exact) mass is 278 g/mol. The van der Waals surface area contributed by atoms with Crippen LogP contribution in [0.25, 0.3) is 6.08 Å². The van der Waals surface area contributed by atoms with E-state index in [2.05, 4.69) is 6.58 Å². The van der Waals surface area contributed by atoms with Gasteiger partial charge in [0.1, 0.15) is 0 Å². The second kappa shape index (κ2) is 5.89. The predicted octanol–water partition coefficient (Wildman–Crippen LogP) is 2.45. The van der Waals surface area contributed by atoms with Gasteiger partial charge in [-0.2, -0.15) is 0 Å². The molecule has 1 aliphatic rings. The van der Waals surface area contributed by atoms with Gasteiger partial charge in [0, 0.05) is 31.7 Å². The van der Waals surface area contributed by atoms with Crippen molar-refractivity contribution in [1.82, 2.24) is 9.80 Å². The number of hydrogen-bond donors (Lipinski definition) is 0. The maximum absolute atomic E-state index is 12.3. The molecule has 1 aromatic carbocycles. The normalized spacial score (nSPS) is 15.2. The van der Waals surface area contributed by atoms with Crippen LogP contribution in [0.4, 0.5) is 4.79 Å². The van der Waals surface area contributed by atoms with E-state index in [1.165, 1.54) is 4.90 Å². The Labute approximate surface area is 117 Å². The zero-order valence-corrected chi connectivity index (χ0v) is 11.3. The molecule has 0 aliphatic carbocycles. The molecule has 5 heteroatoms. The van der Waals surface area contributed by atoms with Crippen LogP contribution in [0.3, 0.4) is 0 Å². The first kappa shape index (κ1) is 13.6. The number of carbonyl (C=O) groups excluding carboxylic acids is 2. The summed E-state index contributed by atoms with van der Waals surface area (Å²) in [6, 6.07) is 7.33. The van der Waals surface area contributed by atoms with Gasteiger partial charge in [0.2, 0.25) is 0 Å². The number of nitrogens with zero attached hydrogens (tertiary/aromatic N) is 2. The molecule has 19 heavy (non-hydrogen) atoms. The van der Waals surface area contributed by atoms with Crippen molar-refractivity contribution in [3.63, 3.8) is 0 Å². The number of halogens is 1. The number of amides is 2. The van der Waals surface area contributed by atoms with E-state index in [1.54, 1.807) is 17.0 Å². The second-order valence-corrected chi connectivity index (χ2v) is 4.69. The van der Waals surface area contributed by atoms with Crippen molar-refractivity contribution in [2.24, 2.45) is 0 Å². The molecule has 1 heterocycles. The largest absolute Gasteiger partial charge is 0.335 e. The highest BCUT2D eigenvalue weighted by Gasteiger charge is 2.23. The van der Waals surface area contributed by atoms with Crippen LogP contribution in [0.2, 0.25) is 0 Å². The molecule has 0 aromatic heterocycles. The predicted molar refractivity (Wildman–Crippen MR) is 75.3 cm³/mol. The van der Waals surface area contributed by atoms with E-state index in [4.69, 9.17) is 11.6 Å². The van der Waals surface area contributed by atoms with Gasteiger partial charge in [-0.05, 0) is 29.3 Å². The number of carbonyl (C=O) groups is 2. The molecule has 0 N–H and O–H groups in total. The van der Waals surface area contributed by atoms with Gasteiger partial charge < -0.3 is 9.80 Å². The van der Waals surface area contributed by atoms with Crippen LogP contribution in [-0.2, 0) is 0 Å². The Morgan fingerprint density at radius 2 is 1.79 bits per heavy atom. The summed E-state index contributed by atoms with van der Waals surface area (Å²) in [6.07, 6.45) is 1.71. The fourth-order valence-electron chi connectivity index (χ4n) is 2.07. The molecule has 2 amide bonds. The Balaban J connectivity index is 2.04. The third-order valence-electron chi connectivity index (χ3n) is 3.18. The average Bonchev–Trinajstić information content (AvgIpc) is 2.46. The number of rotatable bonds is 2. The van der Waals surface area contributed by atoms with Gasteiger partial charge in [-0.3, -0.25) is 9.59 Å². The zero-order valence-electron chi connectivity index (χ0n) is 10.5. The molecule has 0 saturated carbocycles. The summed E-state index contributed by atoms with van der Waals surface area (Å²) in [5, 5.41) is -0.458. The van der Waals surface area contributed by atoms with E-state index in [9.17, 15) is 9.59 Å². The maximum Gasteiger partial charge on any atom is 0.316 e. The van der Waals surface area contributed by atoms with E-state index in [-0.39, 0.29) is 5.91 Å². The molecule has 0 bridgehead atoms. The van der Waals surface area contributed by atoms with E-state index in [0.29, 0.717) is 31.7 Å². The Hall–Kier alpha value is -1.81. The molecule has 1 saturated heterocycles. The van der Waals surface area contributed by atoms with E-state index in [1.807, 2.05) is 18.2 Å². The lowest BCUT2D eigenvalue weighted by atomic mass is 10.1. The fourth-order valence-corrected chi connectivity index (χ4v) is 2.24. The SMILES string of the molecule is C=Cc1cccc(C(=O)N2CCN(C(=O)Cl)CC2)c1. The highest BCUT2D eigenvalue weighted by Crippen LogP contribution is 2.12. The first-order valence-electron chi connectivity index (χ1n) is 6.08. The summed E-state index contributed by atoms with van der Waals surface area (Å²) in [5.41, 5.74) is 1.56. The molecule has 2 rings (SSSR count). The summed E-state index contributed by atoms with van der Waals surface area (Å²) >= 11 is 5.41. The topological polar surface area (TPSA) is 40.6 Å². The fraction of sp³-hybridized carbons (Fsp3) is 0.286. The van der Waals surface area contributed by atoms with Crippen LogP contribution >= 0.6 is 11.6 Å². The average molecular weight is 279 g/mol. The van der Waals surface area contributed by atoms with Crippen molar-refractivity contribution >= 4 is 29.0 Å². The van der Waals surface area contributed by atoms with Gasteiger partial charge in [0.05, 0.1) is 0 Å². The van der Waals surface area contributed by atoms with Gasteiger partial charge in [0.15, 0.2) is 0 Å². The molecule has 0 unspecified atom stereocenters. The van der Waals surface area contributed by atoms with Crippen molar-refractivity contribution < 1.29 is 9.59 Å². The minimum absolute atomic E-state index is 0.0228. The number of piperazine rings is 1. The third kappa shape index (κ3) is 3.15. The van der Waals surface area contributed by atoms with Crippen LogP contribution in [0.1, 0.15) is 15.9 Å². The van der Waals surface area contributed by atoms with Crippen molar-refractivity contribution in [2.45, 2.75) is 0 Å². The van der Waals surface area contributed by atoms with Gasteiger partial charge >= 0.3 is 5.37 Å². The Morgan fingerprint density at radius 1 is 1.16 bits per heavy atom. The first-order valence-corrected chi connectivity index (χ1v) is 6.46. The summed E-state index contributed by atoms with van der Waals surface area (Å²) in [5.74, 6) is -0.0228. The molecular weight excluding hydrogens is 264 g/mol. The molecule has 1 aliphatic heterocycles. The first-order chi connectivity index (χ1) is 9.11. The zero-order chi connectivity index (χ0) is 13.8. The third-order valence-corrected chi connectivity index (χ3v) is 3.42. The summed E-state index contributed by atoms with van der Waals surface area (Å²) in [7, 11) is 0. The number of hydrogen-bond acceptors (Lipinski definition) is 2. The molecule has 100 valence electrons. The Bertz CT molecular complexity index is 508. The molecule has 0 radical (unpaired) electrons.